The van der Waals surface area contributed by atoms with Crippen molar-refractivity contribution in [2.24, 2.45) is 0 Å². The number of anilines is 1. The van der Waals surface area contributed by atoms with E-state index < -0.39 is 0 Å². The lowest BCUT2D eigenvalue weighted by atomic mass is 9.97. The Bertz CT molecular complexity index is 903. The van der Waals surface area contributed by atoms with E-state index in [4.69, 9.17) is 0 Å². The number of rotatable bonds is 7. The zero-order valence-corrected chi connectivity index (χ0v) is 16.3. The molecule has 0 aliphatic carbocycles. The first-order chi connectivity index (χ1) is 12.6. The zero-order valence-electron chi connectivity index (χ0n) is 15.5. The van der Waals surface area contributed by atoms with Crippen molar-refractivity contribution in [3.63, 3.8) is 0 Å². The minimum atomic E-state index is 0.000428. The zero-order chi connectivity index (χ0) is 18.5. The summed E-state index contributed by atoms with van der Waals surface area (Å²) in [6.07, 6.45) is 1.04. The molecule has 1 heterocycles. The van der Waals surface area contributed by atoms with Gasteiger partial charge in [-0.1, -0.05) is 55.9 Å². The van der Waals surface area contributed by atoms with Crippen molar-refractivity contribution in [2.45, 2.75) is 44.8 Å². The number of carbonyl (C=O) groups excluding carboxylic acids is 1. The Morgan fingerprint density at radius 1 is 1.15 bits per heavy atom. The quantitative estimate of drug-likeness (QED) is 0.576. The Morgan fingerprint density at radius 2 is 1.88 bits per heavy atom. The molecule has 0 spiro atoms. The summed E-state index contributed by atoms with van der Waals surface area (Å²) in [6, 6.07) is 16.1. The van der Waals surface area contributed by atoms with E-state index >= 15 is 0 Å². The van der Waals surface area contributed by atoms with Crippen LogP contribution in [0.25, 0.3) is 11.0 Å². The number of nitrogens with zero attached hydrogens (tertiary/aromatic N) is 2. The van der Waals surface area contributed by atoms with Crippen LogP contribution in [0, 0.1) is 0 Å². The highest BCUT2D eigenvalue weighted by Crippen LogP contribution is 2.27. The van der Waals surface area contributed by atoms with Crippen LogP contribution in [0.15, 0.2) is 53.7 Å². The number of fused-ring (bicyclic) bond motifs is 1. The second-order valence-electron chi connectivity index (χ2n) is 6.36. The van der Waals surface area contributed by atoms with Crippen LogP contribution in [0.5, 0.6) is 0 Å². The third-order valence-electron chi connectivity index (χ3n) is 4.65. The summed E-state index contributed by atoms with van der Waals surface area (Å²) in [5, 5.41) is 3.96. The Balaban J connectivity index is 1.71. The number of amides is 1. The van der Waals surface area contributed by atoms with E-state index in [1.165, 1.54) is 17.3 Å². The lowest BCUT2D eigenvalue weighted by Gasteiger charge is -2.15. The first-order valence-corrected chi connectivity index (χ1v) is 10.1. The molecule has 0 fully saturated rings. The summed E-state index contributed by atoms with van der Waals surface area (Å²) < 4.78 is 2.15. The highest BCUT2D eigenvalue weighted by molar-refractivity contribution is 7.99. The second kappa shape index (κ2) is 8.41. The van der Waals surface area contributed by atoms with Gasteiger partial charge in [-0.15, -0.1) is 0 Å². The molecule has 2 aromatic carbocycles. The van der Waals surface area contributed by atoms with Gasteiger partial charge in [0.1, 0.15) is 0 Å². The van der Waals surface area contributed by atoms with E-state index in [0.29, 0.717) is 11.7 Å². The molecule has 0 saturated carbocycles. The predicted molar refractivity (Wildman–Crippen MR) is 110 cm³/mol. The number of aryl methyl sites for hydroxylation is 1. The fraction of sp³-hybridized carbons (Fsp3) is 0.333. The monoisotopic (exact) mass is 367 g/mol. The maximum atomic E-state index is 12.5. The van der Waals surface area contributed by atoms with E-state index in [-0.39, 0.29) is 5.91 Å². The Kier molecular flexibility index (Phi) is 5.99. The third-order valence-corrected chi connectivity index (χ3v) is 5.62. The van der Waals surface area contributed by atoms with Gasteiger partial charge in [-0.05, 0) is 43.0 Å². The number of aromatic nitrogens is 2. The van der Waals surface area contributed by atoms with Crippen LogP contribution in [-0.2, 0) is 11.3 Å². The van der Waals surface area contributed by atoms with Gasteiger partial charge in [0.25, 0.3) is 0 Å². The van der Waals surface area contributed by atoms with E-state index in [9.17, 15) is 4.79 Å². The van der Waals surface area contributed by atoms with Gasteiger partial charge in [-0.25, -0.2) is 4.98 Å². The maximum Gasteiger partial charge on any atom is 0.234 e. The molecular weight excluding hydrogens is 342 g/mol. The Hall–Kier alpha value is -2.27. The summed E-state index contributed by atoms with van der Waals surface area (Å²) in [4.78, 5) is 17.2. The van der Waals surface area contributed by atoms with Gasteiger partial charge in [-0.2, -0.15) is 0 Å². The third kappa shape index (κ3) is 3.93. The normalized spacial score (nSPS) is 12.3. The first kappa shape index (κ1) is 18.5. The van der Waals surface area contributed by atoms with Crippen LogP contribution < -0.4 is 5.32 Å². The number of para-hydroxylation sites is 3. The van der Waals surface area contributed by atoms with Crippen LogP contribution in [0.3, 0.4) is 0 Å². The van der Waals surface area contributed by atoms with Gasteiger partial charge in [0.2, 0.25) is 5.91 Å². The van der Waals surface area contributed by atoms with Crippen molar-refractivity contribution >= 4 is 34.4 Å². The van der Waals surface area contributed by atoms with Crippen LogP contribution in [0.1, 0.15) is 38.7 Å². The average Bonchev–Trinajstić information content (AvgIpc) is 3.03. The molecule has 1 amide bonds. The number of hydrogen-bond acceptors (Lipinski definition) is 3. The standard InChI is InChI=1S/C21H25N3OS/c1-4-15(3)16-10-6-7-11-17(16)22-20(25)14-26-21-23-18-12-8-9-13-19(18)24(21)5-2/h6-13,15H,4-5,14H2,1-3H3,(H,22,25)/t15-/m0/s1. The van der Waals surface area contributed by atoms with Crippen LogP contribution >= 0.6 is 11.8 Å². The lowest BCUT2D eigenvalue weighted by Crippen LogP contribution is -2.16. The van der Waals surface area contributed by atoms with Crippen molar-refractivity contribution in [1.29, 1.82) is 0 Å². The second-order valence-corrected chi connectivity index (χ2v) is 7.30. The number of hydrogen-bond donors (Lipinski definition) is 1. The molecule has 1 atom stereocenters. The summed E-state index contributed by atoms with van der Waals surface area (Å²) in [5.41, 5.74) is 4.19. The molecule has 3 rings (SSSR count). The number of benzene rings is 2. The highest BCUT2D eigenvalue weighted by atomic mass is 32.2. The molecular formula is C21H25N3OS. The number of nitrogens with one attached hydrogen (secondary N) is 1. The minimum Gasteiger partial charge on any atom is -0.325 e. The molecule has 0 aliphatic heterocycles. The molecule has 4 nitrogen and oxygen atoms in total. The van der Waals surface area contributed by atoms with Crippen LogP contribution in [-0.4, -0.2) is 21.2 Å². The van der Waals surface area contributed by atoms with Crippen molar-refractivity contribution in [3.8, 4) is 0 Å². The topological polar surface area (TPSA) is 46.9 Å². The predicted octanol–water partition coefficient (Wildman–Crippen LogP) is 5.30. The largest absolute Gasteiger partial charge is 0.325 e. The molecule has 0 aliphatic rings. The Morgan fingerprint density at radius 3 is 2.65 bits per heavy atom. The van der Waals surface area contributed by atoms with Gasteiger partial charge < -0.3 is 9.88 Å². The molecule has 5 heteroatoms. The fourth-order valence-corrected chi connectivity index (χ4v) is 3.92. The molecule has 0 bridgehead atoms. The molecule has 26 heavy (non-hydrogen) atoms. The Labute approximate surface area is 159 Å². The first-order valence-electron chi connectivity index (χ1n) is 9.10. The van der Waals surface area contributed by atoms with Crippen molar-refractivity contribution in [1.82, 2.24) is 9.55 Å². The van der Waals surface area contributed by atoms with Crippen LogP contribution in [0.2, 0.25) is 0 Å². The number of carbonyl (C=O) groups is 1. The van der Waals surface area contributed by atoms with E-state index in [0.717, 1.165) is 34.8 Å². The molecule has 1 N–H and O–H groups in total. The van der Waals surface area contributed by atoms with E-state index in [2.05, 4.69) is 47.8 Å². The fourth-order valence-electron chi connectivity index (χ4n) is 3.05. The number of thioether (sulfide) groups is 1. The molecule has 0 saturated heterocycles. The smallest absolute Gasteiger partial charge is 0.234 e. The van der Waals surface area contributed by atoms with Gasteiger partial charge in [0, 0.05) is 12.2 Å². The molecule has 0 radical (unpaired) electrons. The van der Waals surface area contributed by atoms with Gasteiger partial charge in [-0.3, -0.25) is 4.79 Å². The molecule has 136 valence electrons. The highest BCUT2D eigenvalue weighted by Gasteiger charge is 2.14. The van der Waals surface area contributed by atoms with Crippen LogP contribution in [0.4, 0.5) is 5.69 Å². The van der Waals surface area contributed by atoms with Gasteiger partial charge in [0.15, 0.2) is 5.16 Å². The average molecular weight is 368 g/mol. The van der Waals surface area contributed by atoms with E-state index in [1.54, 1.807) is 0 Å². The SMILES string of the molecule is CC[C@H](C)c1ccccc1NC(=O)CSc1nc2ccccc2n1CC. The van der Waals surface area contributed by atoms with Crippen molar-refractivity contribution < 1.29 is 4.79 Å². The number of imidazole rings is 1. The summed E-state index contributed by atoms with van der Waals surface area (Å²) in [5.74, 6) is 0.766. The summed E-state index contributed by atoms with van der Waals surface area (Å²) >= 11 is 1.48. The van der Waals surface area contributed by atoms with Gasteiger partial charge >= 0.3 is 0 Å². The maximum absolute atomic E-state index is 12.5. The molecule has 3 aromatic rings. The van der Waals surface area contributed by atoms with Crippen molar-refractivity contribution in [2.75, 3.05) is 11.1 Å². The summed E-state index contributed by atoms with van der Waals surface area (Å²) in [6.45, 7) is 7.28. The lowest BCUT2D eigenvalue weighted by molar-refractivity contribution is -0.113. The van der Waals surface area contributed by atoms with Gasteiger partial charge in [0.05, 0.1) is 16.8 Å². The molecule has 1 aromatic heterocycles. The minimum absolute atomic E-state index is 0.000428. The summed E-state index contributed by atoms with van der Waals surface area (Å²) in [7, 11) is 0. The van der Waals surface area contributed by atoms with E-state index in [1.807, 2.05) is 36.4 Å². The van der Waals surface area contributed by atoms with Crippen molar-refractivity contribution in [3.05, 3.63) is 54.1 Å². The molecule has 0 unspecified atom stereocenters.